The van der Waals surface area contributed by atoms with Crippen LogP contribution < -0.4 is 0 Å². The van der Waals surface area contributed by atoms with Crippen LogP contribution in [0.3, 0.4) is 0 Å². The number of benzene rings is 1. The third-order valence-electron chi connectivity index (χ3n) is 3.17. The average molecular weight is 286 g/mol. The van der Waals surface area contributed by atoms with Crippen molar-refractivity contribution in [2.45, 2.75) is 6.54 Å². The second-order valence-corrected chi connectivity index (χ2v) is 4.82. The van der Waals surface area contributed by atoms with E-state index < -0.39 is 5.82 Å². The van der Waals surface area contributed by atoms with E-state index in [4.69, 9.17) is 16.9 Å². The smallest absolute Gasteiger partial charge is 0.131 e. The molecule has 0 spiro atoms. The third kappa shape index (κ3) is 2.13. The maximum Gasteiger partial charge on any atom is 0.131 e. The van der Waals surface area contributed by atoms with Gasteiger partial charge in [-0.25, -0.2) is 4.39 Å². The molecule has 0 aliphatic rings. The topological polar surface area (TPSA) is 41.6 Å². The third-order valence-corrected chi connectivity index (χ3v) is 3.51. The van der Waals surface area contributed by atoms with Gasteiger partial charge in [-0.3, -0.25) is 4.98 Å². The Balaban J connectivity index is 2.06. The summed E-state index contributed by atoms with van der Waals surface area (Å²) < 4.78 is 15.9. The summed E-state index contributed by atoms with van der Waals surface area (Å²) in [5.74, 6) is -0.468. The zero-order valence-electron chi connectivity index (χ0n) is 10.3. The van der Waals surface area contributed by atoms with E-state index in [0.29, 0.717) is 12.1 Å². The molecule has 2 aromatic heterocycles. The zero-order valence-corrected chi connectivity index (χ0v) is 11.1. The van der Waals surface area contributed by atoms with E-state index in [1.54, 1.807) is 12.4 Å². The molecule has 0 saturated heterocycles. The van der Waals surface area contributed by atoms with Crippen molar-refractivity contribution >= 4 is 22.5 Å². The molecule has 98 valence electrons. The van der Waals surface area contributed by atoms with Gasteiger partial charge in [-0.05, 0) is 24.3 Å². The summed E-state index contributed by atoms with van der Waals surface area (Å²) in [4.78, 5) is 4.04. The molecular formula is C15H9ClFN3. The number of rotatable bonds is 2. The predicted molar refractivity (Wildman–Crippen MR) is 75.0 cm³/mol. The Bertz CT molecular complexity index is 809. The van der Waals surface area contributed by atoms with Crippen LogP contribution in [0.2, 0.25) is 5.02 Å². The van der Waals surface area contributed by atoms with Crippen molar-refractivity contribution in [3.63, 3.8) is 0 Å². The molecule has 0 aliphatic heterocycles. The van der Waals surface area contributed by atoms with Crippen LogP contribution in [0.1, 0.15) is 11.1 Å². The lowest BCUT2D eigenvalue weighted by molar-refractivity contribution is 0.601. The lowest BCUT2D eigenvalue weighted by atomic mass is 10.1. The van der Waals surface area contributed by atoms with Crippen molar-refractivity contribution in [1.29, 1.82) is 5.26 Å². The minimum absolute atomic E-state index is 0.220. The van der Waals surface area contributed by atoms with Crippen molar-refractivity contribution < 1.29 is 4.39 Å². The highest BCUT2D eigenvalue weighted by Gasteiger charge is 2.11. The van der Waals surface area contributed by atoms with Crippen molar-refractivity contribution in [1.82, 2.24) is 9.55 Å². The van der Waals surface area contributed by atoms with Crippen LogP contribution in [0.4, 0.5) is 4.39 Å². The molecule has 2 heterocycles. The molecule has 5 heteroatoms. The molecule has 3 nitrogen and oxygen atoms in total. The fourth-order valence-corrected chi connectivity index (χ4v) is 2.43. The minimum atomic E-state index is -0.468. The number of fused-ring (bicyclic) bond motifs is 1. The second kappa shape index (κ2) is 4.95. The molecule has 0 radical (unpaired) electrons. The number of nitriles is 1. The summed E-state index contributed by atoms with van der Waals surface area (Å²) in [6.07, 6.45) is 5.30. The van der Waals surface area contributed by atoms with E-state index >= 15 is 0 Å². The highest BCUT2D eigenvalue weighted by molar-refractivity contribution is 6.31. The lowest BCUT2D eigenvalue weighted by Gasteiger charge is -2.09. The van der Waals surface area contributed by atoms with Gasteiger partial charge in [0.1, 0.15) is 5.82 Å². The average Bonchev–Trinajstić information content (AvgIpc) is 2.86. The lowest BCUT2D eigenvalue weighted by Crippen LogP contribution is -2.02. The molecule has 20 heavy (non-hydrogen) atoms. The number of hydrogen-bond donors (Lipinski definition) is 0. The van der Waals surface area contributed by atoms with E-state index in [1.165, 1.54) is 12.1 Å². The van der Waals surface area contributed by atoms with Gasteiger partial charge < -0.3 is 4.57 Å². The molecular weight excluding hydrogens is 277 g/mol. The summed E-state index contributed by atoms with van der Waals surface area (Å²) in [5.41, 5.74) is 1.55. The van der Waals surface area contributed by atoms with Crippen LogP contribution >= 0.6 is 11.6 Å². The molecule has 0 amide bonds. The highest BCUT2D eigenvalue weighted by Crippen LogP contribution is 2.24. The molecule has 0 bridgehead atoms. The van der Waals surface area contributed by atoms with Gasteiger partial charge in [0.2, 0.25) is 0 Å². The van der Waals surface area contributed by atoms with Gasteiger partial charge in [0.25, 0.3) is 0 Å². The number of halogens is 2. The largest absolute Gasteiger partial charge is 0.343 e. The first-order chi connectivity index (χ1) is 9.69. The fraction of sp³-hybridized carbons (Fsp3) is 0.0667. The van der Waals surface area contributed by atoms with Gasteiger partial charge in [0.15, 0.2) is 0 Å². The van der Waals surface area contributed by atoms with Crippen molar-refractivity contribution in [2.75, 3.05) is 0 Å². The number of pyridine rings is 1. The molecule has 0 atom stereocenters. The van der Waals surface area contributed by atoms with Gasteiger partial charge in [-0.2, -0.15) is 5.26 Å². The summed E-state index contributed by atoms with van der Waals surface area (Å²) in [6.45, 7) is 0.309. The maximum absolute atomic E-state index is 14.0. The van der Waals surface area contributed by atoms with Crippen molar-refractivity contribution in [3.8, 4) is 6.07 Å². The SMILES string of the molecule is N#Cc1cc(F)c(Cn2ccc3cnccc32)c(Cl)c1. The summed E-state index contributed by atoms with van der Waals surface area (Å²) in [7, 11) is 0. The van der Waals surface area contributed by atoms with Gasteiger partial charge in [-0.1, -0.05) is 11.6 Å². The molecule has 0 unspecified atom stereocenters. The Morgan fingerprint density at radius 2 is 2.20 bits per heavy atom. The molecule has 0 N–H and O–H groups in total. The van der Waals surface area contributed by atoms with Gasteiger partial charge in [-0.15, -0.1) is 0 Å². The first-order valence-electron chi connectivity index (χ1n) is 5.96. The molecule has 0 aliphatic carbocycles. The monoisotopic (exact) mass is 285 g/mol. The zero-order chi connectivity index (χ0) is 14.1. The molecule has 3 rings (SSSR count). The standard InChI is InChI=1S/C15H9ClFN3/c16-13-5-10(7-18)6-14(17)12(13)9-20-4-2-11-8-19-3-1-15(11)20/h1-6,8H,9H2. The van der Waals surface area contributed by atoms with E-state index in [-0.39, 0.29) is 10.6 Å². The summed E-state index contributed by atoms with van der Waals surface area (Å²) in [6, 6.07) is 8.35. The Hall–Kier alpha value is -2.38. The van der Waals surface area contributed by atoms with E-state index in [0.717, 1.165) is 10.9 Å². The van der Waals surface area contributed by atoms with Crippen molar-refractivity contribution in [3.05, 3.63) is 64.8 Å². The summed E-state index contributed by atoms with van der Waals surface area (Å²) in [5, 5.41) is 10.0. The maximum atomic E-state index is 14.0. The summed E-state index contributed by atoms with van der Waals surface area (Å²) >= 11 is 6.06. The van der Waals surface area contributed by atoms with Crippen molar-refractivity contribution in [2.24, 2.45) is 0 Å². The predicted octanol–water partition coefficient (Wildman–Crippen LogP) is 3.75. The second-order valence-electron chi connectivity index (χ2n) is 4.41. The van der Waals surface area contributed by atoms with Crippen LogP contribution in [-0.4, -0.2) is 9.55 Å². The molecule has 3 aromatic rings. The minimum Gasteiger partial charge on any atom is -0.343 e. The molecule has 0 saturated carbocycles. The number of hydrogen-bond acceptors (Lipinski definition) is 2. The molecule has 1 aromatic carbocycles. The Morgan fingerprint density at radius 1 is 1.35 bits per heavy atom. The Labute approximate surface area is 119 Å². The molecule has 0 fully saturated rings. The van der Waals surface area contributed by atoms with Gasteiger partial charge in [0, 0.05) is 34.6 Å². The Morgan fingerprint density at radius 3 is 2.95 bits per heavy atom. The van der Waals surface area contributed by atoms with Crippen LogP contribution in [0.25, 0.3) is 10.9 Å². The van der Waals surface area contributed by atoms with E-state index in [9.17, 15) is 4.39 Å². The van der Waals surface area contributed by atoms with Crippen LogP contribution in [-0.2, 0) is 6.54 Å². The van der Waals surface area contributed by atoms with E-state index in [2.05, 4.69) is 4.98 Å². The van der Waals surface area contributed by atoms with Crippen LogP contribution in [0.15, 0.2) is 42.9 Å². The number of aromatic nitrogens is 2. The quantitative estimate of drug-likeness (QED) is 0.719. The van der Waals surface area contributed by atoms with Gasteiger partial charge in [0.05, 0.1) is 23.7 Å². The fourth-order valence-electron chi connectivity index (χ4n) is 2.17. The van der Waals surface area contributed by atoms with Crippen LogP contribution in [0.5, 0.6) is 0 Å². The first kappa shape index (κ1) is 12.6. The Kier molecular flexibility index (Phi) is 3.13. The van der Waals surface area contributed by atoms with Gasteiger partial charge >= 0.3 is 0 Å². The number of nitrogens with zero attached hydrogens (tertiary/aromatic N) is 3. The highest BCUT2D eigenvalue weighted by atomic mass is 35.5. The first-order valence-corrected chi connectivity index (χ1v) is 6.33. The van der Waals surface area contributed by atoms with E-state index in [1.807, 2.05) is 29.0 Å². The normalized spacial score (nSPS) is 10.7. The van der Waals surface area contributed by atoms with Crippen LogP contribution in [0, 0.1) is 17.1 Å².